The van der Waals surface area contributed by atoms with Crippen LogP contribution in [-0.4, -0.2) is 37.4 Å². The van der Waals surface area contributed by atoms with Gasteiger partial charge in [0.15, 0.2) is 5.82 Å². The Bertz CT molecular complexity index is 797. The third-order valence-electron chi connectivity index (χ3n) is 3.52. The minimum atomic E-state index is -3.53. The summed E-state index contributed by atoms with van der Waals surface area (Å²) >= 11 is 0. The smallest absolute Gasteiger partial charge is 0.256 e. The second-order valence-corrected chi connectivity index (χ2v) is 7.53. The Labute approximate surface area is 141 Å². The lowest BCUT2D eigenvalue weighted by Gasteiger charge is -2.16. The molecule has 0 spiro atoms. The van der Waals surface area contributed by atoms with Crippen molar-refractivity contribution in [3.8, 4) is 0 Å². The predicted octanol–water partition coefficient (Wildman–Crippen LogP) is 2.66. The number of anilines is 1. The largest absolute Gasteiger partial charge is 0.360 e. The highest BCUT2D eigenvalue weighted by molar-refractivity contribution is 7.89. The molecule has 0 bridgehead atoms. The molecule has 1 aromatic heterocycles. The van der Waals surface area contributed by atoms with Gasteiger partial charge in [-0.25, -0.2) is 12.7 Å². The van der Waals surface area contributed by atoms with Crippen LogP contribution in [0.25, 0.3) is 0 Å². The number of carbonyl (C=O) groups is 1. The molecule has 1 amide bonds. The summed E-state index contributed by atoms with van der Waals surface area (Å²) < 4.78 is 31.0. The van der Waals surface area contributed by atoms with Gasteiger partial charge in [0.1, 0.15) is 5.76 Å². The molecular formula is C16H21N3O4S. The number of rotatable bonds is 7. The van der Waals surface area contributed by atoms with E-state index in [0.29, 0.717) is 23.7 Å². The molecule has 130 valence electrons. The molecule has 0 aliphatic carbocycles. The molecule has 1 N–H and O–H groups in total. The Kier molecular flexibility index (Phi) is 5.74. The first-order valence-electron chi connectivity index (χ1n) is 7.65. The van der Waals surface area contributed by atoms with E-state index in [-0.39, 0.29) is 10.8 Å². The van der Waals surface area contributed by atoms with Crippen LogP contribution in [0.4, 0.5) is 5.82 Å². The van der Waals surface area contributed by atoms with E-state index in [1.807, 2.05) is 6.92 Å². The zero-order chi connectivity index (χ0) is 17.7. The molecule has 0 saturated heterocycles. The summed E-state index contributed by atoms with van der Waals surface area (Å²) in [6.45, 7) is 4.19. The van der Waals surface area contributed by atoms with Crippen LogP contribution >= 0.6 is 0 Å². The first-order chi connectivity index (χ1) is 11.3. The van der Waals surface area contributed by atoms with Gasteiger partial charge in [-0.2, -0.15) is 0 Å². The van der Waals surface area contributed by atoms with Gasteiger partial charge in [-0.05, 0) is 37.6 Å². The van der Waals surface area contributed by atoms with E-state index in [1.165, 1.54) is 28.6 Å². The number of carbonyl (C=O) groups excluding carboxylic acids is 1. The maximum Gasteiger partial charge on any atom is 0.256 e. The van der Waals surface area contributed by atoms with Gasteiger partial charge >= 0.3 is 0 Å². The standard InChI is InChI=1S/C16H21N3O4S/c1-4-5-10-19(3)24(21,22)14-8-6-13(7-9-14)16(20)17-15-11-12(2)23-18-15/h6-9,11H,4-5,10H2,1-3H3,(H,17,18,20). The monoisotopic (exact) mass is 351 g/mol. The predicted molar refractivity (Wildman–Crippen MR) is 90.4 cm³/mol. The number of hydrogen-bond donors (Lipinski definition) is 1. The quantitative estimate of drug-likeness (QED) is 0.828. The third-order valence-corrected chi connectivity index (χ3v) is 5.39. The number of aromatic nitrogens is 1. The van der Waals surface area contributed by atoms with E-state index < -0.39 is 10.0 Å². The highest BCUT2D eigenvalue weighted by atomic mass is 32.2. The summed E-state index contributed by atoms with van der Waals surface area (Å²) in [6.07, 6.45) is 1.72. The SMILES string of the molecule is CCCCN(C)S(=O)(=O)c1ccc(C(=O)Nc2cc(C)on2)cc1. The zero-order valence-electron chi connectivity index (χ0n) is 13.9. The number of nitrogens with one attached hydrogen (secondary N) is 1. The number of nitrogens with zero attached hydrogens (tertiary/aromatic N) is 2. The molecule has 0 fully saturated rings. The van der Waals surface area contributed by atoms with Crippen LogP contribution in [0, 0.1) is 6.92 Å². The summed E-state index contributed by atoms with van der Waals surface area (Å²) in [7, 11) is -1.98. The van der Waals surface area contributed by atoms with Crippen molar-refractivity contribution in [3.05, 3.63) is 41.7 Å². The molecule has 0 unspecified atom stereocenters. The van der Waals surface area contributed by atoms with Crippen molar-refractivity contribution < 1.29 is 17.7 Å². The topological polar surface area (TPSA) is 92.5 Å². The molecule has 0 atom stereocenters. The highest BCUT2D eigenvalue weighted by Gasteiger charge is 2.20. The maximum absolute atomic E-state index is 12.4. The Balaban J connectivity index is 2.10. The van der Waals surface area contributed by atoms with Crippen LogP contribution in [0.5, 0.6) is 0 Å². The van der Waals surface area contributed by atoms with Crippen LogP contribution in [0.3, 0.4) is 0 Å². The van der Waals surface area contributed by atoms with Crippen molar-refractivity contribution >= 4 is 21.7 Å². The van der Waals surface area contributed by atoms with Gasteiger partial charge < -0.3 is 9.84 Å². The lowest BCUT2D eigenvalue weighted by Crippen LogP contribution is -2.28. The zero-order valence-corrected chi connectivity index (χ0v) is 14.8. The molecule has 0 saturated carbocycles. The number of amides is 1. The number of sulfonamides is 1. The Hall–Kier alpha value is -2.19. The van der Waals surface area contributed by atoms with Crippen molar-refractivity contribution in [3.63, 3.8) is 0 Å². The summed E-state index contributed by atoms with van der Waals surface area (Å²) in [5.41, 5.74) is 0.339. The molecule has 2 aromatic rings. The number of benzene rings is 1. The summed E-state index contributed by atoms with van der Waals surface area (Å²) in [4.78, 5) is 12.3. The van der Waals surface area contributed by atoms with Crippen molar-refractivity contribution in [2.75, 3.05) is 18.9 Å². The van der Waals surface area contributed by atoms with E-state index in [2.05, 4.69) is 10.5 Å². The van der Waals surface area contributed by atoms with Gasteiger partial charge in [0.2, 0.25) is 10.0 Å². The molecule has 8 heteroatoms. The Morgan fingerprint density at radius 1 is 1.29 bits per heavy atom. The van der Waals surface area contributed by atoms with Gasteiger partial charge in [-0.3, -0.25) is 4.79 Å². The maximum atomic E-state index is 12.4. The molecule has 24 heavy (non-hydrogen) atoms. The van der Waals surface area contributed by atoms with E-state index >= 15 is 0 Å². The van der Waals surface area contributed by atoms with Gasteiger partial charge in [0.25, 0.3) is 5.91 Å². The molecule has 7 nitrogen and oxygen atoms in total. The molecule has 0 aliphatic rings. The van der Waals surface area contributed by atoms with Crippen LogP contribution in [0.15, 0.2) is 39.8 Å². The Morgan fingerprint density at radius 2 is 1.96 bits per heavy atom. The van der Waals surface area contributed by atoms with E-state index in [4.69, 9.17) is 4.52 Å². The normalized spacial score (nSPS) is 11.7. The van der Waals surface area contributed by atoms with Crippen molar-refractivity contribution in [1.82, 2.24) is 9.46 Å². The van der Waals surface area contributed by atoms with Gasteiger partial charge in [-0.1, -0.05) is 18.5 Å². The first kappa shape index (κ1) is 18.2. The summed E-state index contributed by atoms with van der Waals surface area (Å²) in [5.74, 6) is 0.516. The number of unbranched alkanes of at least 4 members (excludes halogenated alkanes) is 1. The van der Waals surface area contributed by atoms with E-state index in [0.717, 1.165) is 12.8 Å². The fourth-order valence-corrected chi connectivity index (χ4v) is 3.28. The molecule has 1 heterocycles. The number of hydrogen-bond acceptors (Lipinski definition) is 5. The molecular weight excluding hydrogens is 330 g/mol. The van der Waals surface area contributed by atoms with Crippen molar-refractivity contribution in [2.24, 2.45) is 0 Å². The van der Waals surface area contributed by atoms with Crippen LogP contribution in [0.2, 0.25) is 0 Å². The molecule has 0 radical (unpaired) electrons. The average molecular weight is 351 g/mol. The highest BCUT2D eigenvalue weighted by Crippen LogP contribution is 2.17. The second-order valence-electron chi connectivity index (χ2n) is 5.48. The molecule has 1 aromatic carbocycles. The van der Waals surface area contributed by atoms with E-state index in [9.17, 15) is 13.2 Å². The van der Waals surface area contributed by atoms with Gasteiger partial charge in [0, 0.05) is 25.2 Å². The Morgan fingerprint density at radius 3 is 2.50 bits per heavy atom. The number of aryl methyl sites for hydroxylation is 1. The van der Waals surface area contributed by atoms with Crippen LogP contribution in [-0.2, 0) is 10.0 Å². The summed E-state index contributed by atoms with van der Waals surface area (Å²) in [6, 6.07) is 7.41. The summed E-state index contributed by atoms with van der Waals surface area (Å²) in [5, 5.41) is 6.26. The van der Waals surface area contributed by atoms with Crippen molar-refractivity contribution in [2.45, 2.75) is 31.6 Å². The molecule has 0 aliphatic heterocycles. The van der Waals surface area contributed by atoms with Crippen LogP contribution in [0.1, 0.15) is 35.9 Å². The average Bonchev–Trinajstić information content (AvgIpc) is 2.97. The van der Waals surface area contributed by atoms with Gasteiger partial charge in [0.05, 0.1) is 4.90 Å². The molecule has 2 rings (SSSR count). The fourth-order valence-electron chi connectivity index (χ4n) is 2.07. The van der Waals surface area contributed by atoms with E-state index in [1.54, 1.807) is 20.0 Å². The lowest BCUT2D eigenvalue weighted by atomic mass is 10.2. The second kappa shape index (κ2) is 7.59. The van der Waals surface area contributed by atoms with Gasteiger partial charge in [-0.15, -0.1) is 0 Å². The minimum absolute atomic E-state index is 0.162. The van der Waals surface area contributed by atoms with Crippen LogP contribution < -0.4 is 5.32 Å². The minimum Gasteiger partial charge on any atom is -0.360 e. The lowest BCUT2D eigenvalue weighted by molar-refractivity contribution is 0.102. The fraction of sp³-hybridized carbons (Fsp3) is 0.375. The third kappa shape index (κ3) is 4.21. The van der Waals surface area contributed by atoms with Crippen molar-refractivity contribution in [1.29, 1.82) is 0 Å². The first-order valence-corrected chi connectivity index (χ1v) is 9.09.